The van der Waals surface area contributed by atoms with Crippen LogP contribution in [0.5, 0.6) is 5.75 Å². The van der Waals surface area contributed by atoms with Crippen molar-refractivity contribution in [3.63, 3.8) is 0 Å². The molecule has 9 heteroatoms. The minimum absolute atomic E-state index is 0.00277. The Morgan fingerprint density at radius 2 is 1.97 bits per heavy atom. The number of carbonyl (C=O) groups is 2. The van der Waals surface area contributed by atoms with E-state index in [2.05, 4.69) is 39.4 Å². The lowest BCUT2D eigenvalue weighted by atomic mass is 10.1. The summed E-state index contributed by atoms with van der Waals surface area (Å²) in [5, 5.41) is 5.16. The smallest absolute Gasteiger partial charge is 0.290 e. The third kappa shape index (κ3) is 4.72. The lowest BCUT2D eigenvalue weighted by Crippen LogP contribution is -2.17. The highest BCUT2D eigenvalue weighted by Crippen LogP contribution is 2.33. The maximum absolute atomic E-state index is 11.7. The van der Waals surface area contributed by atoms with Crippen molar-refractivity contribution in [1.29, 1.82) is 0 Å². The topological polar surface area (TPSA) is 109 Å². The van der Waals surface area contributed by atoms with Gasteiger partial charge in [-0.3, -0.25) is 19.9 Å². The van der Waals surface area contributed by atoms with Crippen molar-refractivity contribution in [1.82, 2.24) is 20.3 Å². The normalized spacial score (nSPS) is 15.4. The number of pyridine rings is 1. The average molecular weight is 438 g/mol. The highest BCUT2D eigenvalue weighted by molar-refractivity contribution is 8.18. The maximum atomic E-state index is 11.7. The van der Waals surface area contributed by atoms with Gasteiger partial charge in [-0.05, 0) is 69.3 Å². The largest absolute Gasteiger partial charge is 0.489 e. The van der Waals surface area contributed by atoms with Crippen LogP contribution in [0.25, 0.3) is 28.4 Å². The molecular weight excluding hydrogens is 414 g/mol. The van der Waals surface area contributed by atoms with Gasteiger partial charge in [0.15, 0.2) is 0 Å². The first kappa shape index (κ1) is 20.9. The summed E-state index contributed by atoms with van der Waals surface area (Å²) in [6.45, 7) is 8.05. The van der Waals surface area contributed by atoms with Gasteiger partial charge in [0.25, 0.3) is 11.1 Å². The van der Waals surface area contributed by atoms with Gasteiger partial charge in [0.2, 0.25) is 5.95 Å². The van der Waals surface area contributed by atoms with E-state index in [4.69, 9.17) is 4.74 Å². The quantitative estimate of drug-likeness (QED) is 0.485. The second-order valence-electron chi connectivity index (χ2n) is 7.75. The van der Waals surface area contributed by atoms with Gasteiger partial charge in [0, 0.05) is 17.8 Å². The first-order valence-corrected chi connectivity index (χ1v) is 10.8. The Bertz CT molecular complexity index is 1180. The number of imide groups is 1. The number of rotatable bonds is 6. The number of fused-ring (bicyclic) bond motifs is 1. The zero-order valence-electron chi connectivity index (χ0n) is 17.6. The molecule has 2 aromatic heterocycles. The second kappa shape index (κ2) is 8.43. The first-order chi connectivity index (χ1) is 14.8. The van der Waals surface area contributed by atoms with Gasteiger partial charge < -0.3 is 15.0 Å². The molecule has 1 aliphatic rings. The summed E-state index contributed by atoms with van der Waals surface area (Å²) in [5.41, 5.74) is 3.96. The Kier molecular flexibility index (Phi) is 5.69. The van der Waals surface area contributed by atoms with Crippen molar-refractivity contribution >= 4 is 46.0 Å². The number of nitrogens with zero attached hydrogens (tertiary/aromatic N) is 2. The number of aromatic amines is 1. The molecule has 160 valence electrons. The Morgan fingerprint density at radius 3 is 2.58 bits per heavy atom. The molecule has 3 aromatic rings. The molecule has 1 aliphatic heterocycles. The molecule has 1 aromatic carbocycles. The highest BCUT2D eigenvalue weighted by atomic mass is 32.2. The van der Waals surface area contributed by atoms with Gasteiger partial charge in [0.05, 0.1) is 22.2 Å². The fourth-order valence-corrected chi connectivity index (χ4v) is 3.83. The Labute approximate surface area is 183 Å². The number of nitrogens with one attached hydrogen (secondary N) is 3. The Hall–Kier alpha value is -3.33. The van der Waals surface area contributed by atoms with E-state index in [0.29, 0.717) is 16.6 Å². The molecule has 0 atom stereocenters. The fourth-order valence-electron chi connectivity index (χ4n) is 3.15. The minimum Gasteiger partial charge on any atom is -0.489 e. The SMILES string of the molecule is CC(C)Nc1nc2cc(-c3ccc(C=C4SC(=O)NC4=O)cn3)cc(OC(C)C)c2[nH]1. The van der Waals surface area contributed by atoms with Gasteiger partial charge in [-0.1, -0.05) is 6.07 Å². The molecule has 0 saturated carbocycles. The van der Waals surface area contributed by atoms with E-state index in [-0.39, 0.29) is 23.3 Å². The van der Waals surface area contributed by atoms with Crippen LogP contribution in [0.1, 0.15) is 33.3 Å². The molecule has 1 fully saturated rings. The van der Waals surface area contributed by atoms with E-state index in [1.165, 1.54) is 0 Å². The van der Waals surface area contributed by atoms with Crippen LogP contribution in [0.15, 0.2) is 35.4 Å². The minimum atomic E-state index is -0.385. The summed E-state index contributed by atoms with van der Waals surface area (Å²) in [5.74, 6) is 1.01. The van der Waals surface area contributed by atoms with Crippen molar-refractivity contribution < 1.29 is 14.3 Å². The Balaban J connectivity index is 1.69. The van der Waals surface area contributed by atoms with Crippen LogP contribution in [0.3, 0.4) is 0 Å². The molecule has 4 rings (SSSR count). The number of benzene rings is 1. The van der Waals surface area contributed by atoms with Gasteiger partial charge >= 0.3 is 0 Å². The lowest BCUT2D eigenvalue weighted by molar-refractivity contribution is -0.115. The van der Waals surface area contributed by atoms with E-state index in [1.807, 2.05) is 38.1 Å². The second-order valence-corrected chi connectivity index (χ2v) is 8.76. The first-order valence-electron chi connectivity index (χ1n) is 9.96. The van der Waals surface area contributed by atoms with E-state index in [1.54, 1.807) is 12.3 Å². The summed E-state index contributed by atoms with van der Waals surface area (Å²) >= 11 is 0.884. The number of hydrogen-bond donors (Lipinski definition) is 3. The summed E-state index contributed by atoms with van der Waals surface area (Å²) in [7, 11) is 0. The molecular formula is C22H23N5O3S. The van der Waals surface area contributed by atoms with Gasteiger partial charge in [-0.2, -0.15) is 0 Å². The van der Waals surface area contributed by atoms with E-state index in [0.717, 1.165) is 39.6 Å². The number of carbonyl (C=O) groups excluding carboxylic acids is 2. The molecule has 31 heavy (non-hydrogen) atoms. The summed E-state index contributed by atoms with van der Waals surface area (Å²) < 4.78 is 6.03. The van der Waals surface area contributed by atoms with E-state index < -0.39 is 0 Å². The molecule has 0 unspecified atom stereocenters. The zero-order chi connectivity index (χ0) is 22.1. The van der Waals surface area contributed by atoms with E-state index in [9.17, 15) is 9.59 Å². The van der Waals surface area contributed by atoms with Crippen LogP contribution in [0.2, 0.25) is 0 Å². The van der Waals surface area contributed by atoms with Crippen molar-refractivity contribution in [2.45, 2.75) is 39.8 Å². The molecule has 2 amide bonds. The molecule has 3 heterocycles. The molecule has 3 N–H and O–H groups in total. The fraction of sp³-hybridized carbons (Fsp3) is 0.273. The van der Waals surface area contributed by atoms with Gasteiger partial charge in [-0.25, -0.2) is 4.98 Å². The van der Waals surface area contributed by atoms with Gasteiger partial charge in [0.1, 0.15) is 11.3 Å². The summed E-state index contributed by atoms with van der Waals surface area (Å²) in [6.07, 6.45) is 3.32. The maximum Gasteiger partial charge on any atom is 0.290 e. The van der Waals surface area contributed by atoms with E-state index >= 15 is 0 Å². The van der Waals surface area contributed by atoms with Crippen LogP contribution in [0.4, 0.5) is 10.7 Å². The molecule has 8 nitrogen and oxygen atoms in total. The monoisotopic (exact) mass is 437 g/mol. The highest BCUT2D eigenvalue weighted by Gasteiger charge is 2.25. The summed E-state index contributed by atoms with van der Waals surface area (Å²) in [4.78, 5) is 35.9. The van der Waals surface area contributed by atoms with Crippen LogP contribution in [-0.2, 0) is 4.79 Å². The number of H-pyrrole nitrogens is 1. The molecule has 1 saturated heterocycles. The van der Waals surface area contributed by atoms with Gasteiger partial charge in [-0.15, -0.1) is 0 Å². The van der Waals surface area contributed by atoms with Crippen molar-refractivity contribution in [2.75, 3.05) is 5.32 Å². The lowest BCUT2D eigenvalue weighted by Gasteiger charge is -2.12. The van der Waals surface area contributed by atoms with Crippen LogP contribution < -0.4 is 15.4 Å². The number of imidazole rings is 1. The predicted molar refractivity (Wildman–Crippen MR) is 123 cm³/mol. The number of ether oxygens (including phenoxy) is 1. The average Bonchev–Trinajstić information content (AvgIpc) is 3.23. The van der Waals surface area contributed by atoms with Crippen molar-refractivity contribution in [3.8, 4) is 17.0 Å². The molecule has 0 bridgehead atoms. The standard InChI is InChI=1S/C22H23N5O3S/c1-11(2)24-21-25-16-8-14(9-17(19(16)26-21)30-12(3)4)15-6-5-13(10-23-15)7-18-20(28)27-22(29)31-18/h5-12H,1-4H3,(H2,24,25,26)(H,27,28,29). The van der Waals surface area contributed by atoms with Crippen LogP contribution in [-0.4, -0.2) is 38.2 Å². The Morgan fingerprint density at radius 1 is 1.16 bits per heavy atom. The zero-order valence-corrected chi connectivity index (χ0v) is 18.5. The number of thioether (sulfide) groups is 1. The van der Waals surface area contributed by atoms with Crippen LogP contribution in [0, 0.1) is 0 Å². The number of anilines is 1. The predicted octanol–water partition coefficient (Wildman–Crippen LogP) is 4.56. The molecule has 0 spiro atoms. The number of hydrogen-bond acceptors (Lipinski definition) is 7. The molecule has 0 radical (unpaired) electrons. The number of amides is 2. The van der Waals surface area contributed by atoms with Crippen molar-refractivity contribution in [2.24, 2.45) is 0 Å². The van der Waals surface area contributed by atoms with Crippen molar-refractivity contribution in [3.05, 3.63) is 40.9 Å². The third-order valence-electron chi connectivity index (χ3n) is 4.37. The summed E-state index contributed by atoms with van der Waals surface area (Å²) in [6, 6.07) is 7.87. The van der Waals surface area contributed by atoms with Crippen LogP contribution >= 0.6 is 11.8 Å². The molecule has 0 aliphatic carbocycles. The number of aromatic nitrogens is 3. The third-order valence-corrected chi connectivity index (χ3v) is 5.18.